The number of nitrogens with zero attached hydrogens (tertiary/aromatic N) is 1. The van der Waals surface area contributed by atoms with E-state index in [2.05, 4.69) is 21.9 Å². The van der Waals surface area contributed by atoms with E-state index < -0.39 is 6.61 Å². The number of ether oxygens (including phenoxy) is 2. The fourth-order valence-corrected chi connectivity index (χ4v) is 2.42. The third kappa shape index (κ3) is 5.30. The van der Waals surface area contributed by atoms with Crippen LogP contribution >= 0.6 is 12.4 Å². The van der Waals surface area contributed by atoms with Crippen LogP contribution in [0.3, 0.4) is 0 Å². The third-order valence-corrected chi connectivity index (χ3v) is 3.30. The molecular formula is C14H21ClF2N2O2. The molecule has 1 saturated heterocycles. The SMILES string of the molecule is COc1cc(CN2CCNC(C)C2)ccc1OC(F)F.Cl. The number of methoxy groups -OCH3 is 1. The van der Waals surface area contributed by atoms with Gasteiger partial charge in [-0.05, 0) is 24.6 Å². The van der Waals surface area contributed by atoms with Crippen molar-refractivity contribution in [1.82, 2.24) is 10.2 Å². The predicted octanol–water partition coefficient (Wildman–Crippen LogP) is 2.51. The minimum atomic E-state index is -2.84. The van der Waals surface area contributed by atoms with Gasteiger partial charge in [-0.3, -0.25) is 4.90 Å². The summed E-state index contributed by atoms with van der Waals surface area (Å²) in [5.41, 5.74) is 1.03. The minimum Gasteiger partial charge on any atom is -0.493 e. The van der Waals surface area contributed by atoms with Gasteiger partial charge in [-0.15, -0.1) is 12.4 Å². The summed E-state index contributed by atoms with van der Waals surface area (Å²) in [4.78, 5) is 2.32. The van der Waals surface area contributed by atoms with E-state index in [1.165, 1.54) is 13.2 Å². The molecule has 0 radical (unpaired) electrons. The molecular weight excluding hydrogens is 302 g/mol. The topological polar surface area (TPSA) is 33.7 Å². The van der Waals surface area contributed by atoms with Crippen LogP contribution in [0, 0.1) is 0 Å². The maximum atomic E-state index is 12.3. The number of halogens is 3. The van der Waals surface area contributed by atoms with Gasteiger partial charge < -0.3 is 14.8 Å². The quantitative estimate of drug-likeness (QED) is 0.903. The van der Waals surface area contributed by atoms with Crippen LogP contribution in [0.4, 0.5) is 8.78 Å². The molecule has 1 aromatic carbocycles. The fourth-order valence-electron chi connectivity index (χ4n) is 2.42. The molecule has 4 nitrogen and oxygen atoms in total. The van der Waals surface area contributed by atoms with Crippen molar-refractivity contribution in [1.29, 1.82) is 0 Å². The molecule has 7 heteroatoms. The summed E-state index contributed by atoms with van der Waals surface area (Å²) in [6.45, 7) is 2.98. The van der Waals surface area contributed by atoms with Crippen molar-refractivity contribution in [3.8, 4) is 11.5 Å². The zero-order valence-electron chi connectivity index (χ0n) is 12.1. The minimum absolute atomic E-state index is 0. The van der Waals surface area contributed by atoms with Gasteiger partial charge in [0, 0.05) is 32.2 Å². The molecule has 0 saturated carbocycles. The standard InChI is InChI=1S/C14H20F2N2O2.ClH/c1-10-8-18(6-5-17-10)9-11-3-4-12(20-14(15)16)13(7-11)19-2;/h3-4,7,10,14,17H,5-6,8-9H2,1-2H3;1H. The van der Waals surface area contributed by atoms with Gasteiger partial charge in [0.05, 0.1) is 7.11 Å². The molecule has 0 aliphatic carbocycles. The van der Waals surface area contributed by atoms with Gasteiger partial charge in [-0.2, -0.15) is 8.78 Å². The first kappa shape index (κ1) is 17.9. The van der Waals surface area contributed by atoms with Crippen LogP contribution in [-0.4, -0.2) is 44.3 Å². The summed E-state index contributed by atoms with van der Waals surface area (Å²) in [6, 6.07) is 5.55. The molecule has 1 N–H and O–H groups in total. The summed E-state index contributed by atoms with van der Waals surface area (Å²) in [5.74, 6) is 0.408. The Bertz CT molecular complexity index is 449. The number of hydrogen-bond donors (Lipinski definition) is 1. The molecule has 1 atom stereocenters. The molecule has 120 valence electrons. The molecule has 0 amide bonds. The van der Waals surface area contributed by atoms with Crippen LogP contribution in [0.2, 0.25) is 0 Å². The van der Waals surface area contributed by atoms with Crippen LogP contribution in [0.5, 0.6) is 11.5 Å². The first-order chi connectivity index (χ1) is 9.58. The van der Waals surface area contributed by atoms with E-state index in [1.54, 1.807) is 12.1 Å². The van der Waals surface area contributed by atoms with Gasteiger partial charge in [-0.1, -0.05) is 6.07 Å². The summed E-state index contributed by atoms with van der Waals surface area (Å²) in [7, 11) is 1.45. The van der Waals surface area contributed by atoms with Gasteiger partial charge in [0.25, 0.3) is 0 Å². The van der Waals surface area contributed by atoms with Crippen LogP contribution < -0.4 is 14.8 Å². The number of piperazine rings is 1. The number of hydrogen-bond acceptors (Lipinski definition) is 4. The average molecular weight is 323 g/mol. The van der Waals surface area contributed by atoms with Gasteiger partial charge >= 0.3 is 6.61 Å². The fraction of sp³-hybridized carbons (Fsp3) is 0.571. The molecule has 0 spiro atoms. The Labute approximate surface area is 129 Å². The van der Waals surface area contributed by atoms with Crippen molar-refractivity contribution in [3.63, 3.8) is 0 Å². The maximum Gasteiger partial charge on any atom is 0.387 e. The van der Waals surface area contributed by atoms with Gasteiger partial charge in [-0.25, -0.2) is 0 Å². The van der Waals surface area contributed by atoms with Gasteiger partial charge in [0.1, 0.15) is 0 Å². The lowest BCUT2D eigenvalue weighted by atomic mass is 10.1. The number of benzene rings is 1. The second-order valence-corrected chi connectivity index (χ2v) is 4.95. The molecule has 1 unspecified atom stereocenters. The van der Waals surface area contributed by atoms with Crippen molar-refractivity contribution in [3.05, 3.63) is 23.8 Å². The highest BCUT2D eigenvalue weighted by Gasteiger charge is 2.17. The molecule has 2 rings (SSSR count). The van der Waals surface area contributed by atoms with E-state index in [4.69, 9.17) is 4.74 Å². The maximum absolute atomic E-state index is 12.3. The lowest BCUT2D eigenvalue weighted by molar-refractivity contribution is -0.0512. The first-order valence-electron chi connectivity index (χ1n) is 6.66. The van der Waals surface area contributed by atoms with Crippen molar-refractivity contribution in [2.45, 2.75) is 26.1 Å². The van der Waals surface area contributed by atoms with E-state index in [9.17, 15) is 8.78 Å². The molecule has 1 fully saturated rings. The zero-order valence-corrected chi connectivity index (χ0v) is 13.0. The summed E-state index contributed by atoms with van der Waals surface area (Å²) < 4.78 is 34.0. The van der Waals surface area contributed by atoms with Crippen LogP contribution in [-0.2, 0) is 6.54 Å². The smallest absolute Gasteiger partial charge is 0.387 e. The highest BCUT2D eigenvalue weighted by molar-refractivity contribution is 5.85. The number of rotatable bonds is 5. The molecule has 21 heavy (non-hydrogen) atoms. The van der Waals surface area contributed by atoms with Gasteiger partial charge in [0.2, 0.25) is 0 Å². The highest BCUT2D eigenvalue weighted by Crippen LogP contribution is 2.29. The van der Waals surface area contributed by atoms with Crippen molar-refractivity contribution < 1.29 is 18.3 Å². The molecule has 1 aliphatic heterocycles. The Morgan fingerprint density at radius 3 is 2.76 bits per heavy atom. The lowest BCUT2D eigenvalue weighted by Gasteiger charge is -2.31. The third-order valence-electron chi connectivity index (χ3n) is 3.30. The van der Waals surface area contributed by atoms with Crippen LogP contribution in [0.1, 0.15) is 12.5 Å². The Kier molecular flexibility index (Phi) is 7.14. The summed E-state index contributed by atoms with van der Waals surface area (Å²) in [6.07, 6.45) is 0. The van der Waals surface area contributed by atoms with E-state index in [1.807, 2.05) is 0 Å². The van der Waals surface area contributed by atoms with E-state index >= 15 is 0 Å². The molecule has 0 aromatic heterocycles. The van der Waals surface area contributed by atoms with Gasteiger partial charge in [0.15, 0.2) is 11.5 Å². The normalized spacial score (nSPS) is 19.2. The van der Waals surface area contributed by atoms with Crippen molar-refractivity contribution >= 4 is 12.4 Å². The Morgan fingerprint density at radius 2 is 2.14 bits per heavy atom. The Hall–Kier alpha value is -1.11. The predicted molar refractivity (Wildman–Crippen MR) is 79.6 cm³/mol. The van der Waals surface area contributed by atoms with Crippen molar-refractivity contribution in [2.24, 2.45) is 0 Å². The number of nitrogens with one attached hydrogen (secondary N) is 1. The second-order valence-electron chi connectivity index (χ2n) is 4.95. The number of alkyl halides is 2. The largest absolute Gasteiger partial charge is 0.493 e. The van der Waals surface area contributed by atoms with Crippen molar-refractivity contribution in [2.75, 3.05) is 26.7 Å². The molecule has 1 aliphatic rings. The second kappa shape index (κ2) is 8.36. The van der Waals surface area contributed by atoms with E-state index in [0.29, 0.717) is 11.8 Å². The highest BCUT2D eigenvalue weighted by atomic mass is 35.5. The van der Waals surface area contributed by atoms with Crippen LogP contribution in [0.25, 0.3) is 0 Å². The lowest BCUT2D eigenvalue weighted by Crippen LogP contribution is -2.48. The van der Waals surface area contributed by atoms with E-state index in [-0.39, 0.29) is 18.2 Å². The Morgan fingerprint density at radius 1 is 1.38 bits per heavy atom. The monoisotopic (exact) mass is 322 g/mol. The Balaban J connectivity index is 0.00000220. The summed E-state index contributed by atoms with van der Waals surface area (Å²) in [5, 5.41) is 3.38. The van der Waals surface area contributed by atoms with E-state index in [0.717, 1.165) is 31.7 Å². The molecule has 0 bridgehead atoms. The summed E-state index contributed by atoms with van der Waals surface area (Å²) >= 11 is 0. The zero-order chi connectivity index (χ0) is 14.5. The average Bonchev–Trinajstić information content (AvgIpc) is 2.40. The molecule has 1 aromatic rings. The first-order valence-corrected chi connectivity index (χ1v) is 6.66. The molecule has 1 heterocycles. The van der Waals surface area contributed by atoms with Crippen LogP contribution in [0.15, 0.2) is 18.2 Å².